The molecule has 0 aliphatic rings. The van der Waals surface area contributed by atoms with Crippen molar-refractivity contribution >= 4 is 58.8 Å². The topological polar surface area (TPSA) is 52.0 Å². The Morgan fingerprint density at radius 1 is 0.588 bits per heavy atom. The summed E-state index contributed by atoms with van der Waals surface area (Å²) >= 11 is 0.542. The molecular weight excluding hydrogens is 357 g/mol. The molecule has 4 N–H and O–H groups in total. The van der Waals surface area contributed by atoms with E-state index in [-0.39, 0.29) is 38.7 Å². The van der Waals surface area contributed by atoms with E-state index in [9.17, 15) is 0 Å². The first-order valence-corrected chi connectivity index (χ1v) is 11.9. The van der Waals surface area contributed by atoms with Gasteiger partial charge in [-0.3, -0.25) is 0 Å². The SMILES string of the molecule is Cl.Nc1ccc([As]=[As]c2ccc(N)cc2)cc1. The van der Waals surface area contributed by atoms with Crippen molar-refractivity contribution in [2.75, 3.05) is 11.5 Å². The molecule has 0 saturated heterocycles. The van der Waals surface area contributed by atoms with Crippen LogP contribution < -0.4 is 20.2 Å². The molecule has 0 heterocycles. The number of hydrogen-bond acceptors (Lipinski definition) is 2. The number of hydrogen-bond donors (Lipinski definition) is 2. The average molecular weight is 371 g/mol. The first-order chi connectivity index (χ1) is 7.74. The van der Waals surface area contributed by atoms with Crippen LogP contribution in [0.15, 0.2) is 48.5 Å². The van der Waals surface area contributed by atoms with Crippen molar-refractivity contribution in [1.29, 1.82) is 0 Å². The van der Waals surface area contributed by atoms with E-state index in [0.717, 1.165) is 11.4 Å². The van der Waals surface area contributed by atoms with Crippen LogP contribution in [0.1, 0.15) is 0 Å². The fourth-order valence-corrected chi connectivity index (χ4v) is 8.29. The van der Waals surface area contributed by atoms with Gasteiger partial charge in [0.2, 0.25) is 0 Å². The molecular formula is C12H13As2ClN2. The standard InChI is InChI=1S/C12H12As2N2.ClH/c15-11-5-1-9(2-6-11)13-14-10-3-7-12(16)8-4-10;/h1-8H,15-16H2;1H. The van der Waals surface area contributed by atoms with Crippen LogP contribution in [-0.4, -0.2) is 26.3 Å². The predicted molar refractivity (Wildman–Crippen MR) is 79.7 cm³/mol. The van der Waals surface area contributed by atoms with Crippen LogP contribution in [0.25, 0.3) is 0 Å². The van der Waals surface area contributed by atoms with Gasteiger partial charge in [-0.1, -0.05) is 0 Å². The summed E-state index contributed by atoms with van der Waals surface area (Å²) in [4.78, 5) is 0. The summed E-state index contributed by atoms with van der Waals surface area (Å²) in [5, 5.41) is 0. The molecule has 17 heavy (non-hydrogen) atoms. The zero-order chi connectivity index (χ0) is 11.4. The summed E-state index contributed by atoms with van der Waals surface area (Å²) in [6, 6.07) is 16.5. The van der Waals surface area contributed by atoms with Crippen molar-refractivity contribution in [3.8, 4) is 0 Å². The van der Waals surface area contributed by atoms with Crippen molar-refractivity contribution in [2.45, 2.75) is 0 Å². The van der Waals surface area contributed by atoms with Gasteiger partial charge in [-0.25, -0.2) is 0 Å². The third-order valence-corrected chi connectivity index (χ3v) is 10.6. The van der Waals surface area contributed by atoms with Crippen LogP contribution >= 0.6 is 12.4 Å². The van der Waals surface area contributed by atoms with E-state index in [0.29, 0.717) is 0 Å². The Morgan fingerprint density at radius 2 is 0.882 bits per heavy atom. The summed E-state index contributed by atoms with van der Waals surface area (Å²) in [7, 11) is 0. The molecule has 5 heteroatoms. The van der Waals surface area contributed by atoms with E-state index in [1.165, 1.54) is 8.70 Å². The fourth-order valence-electron chi connectivity index (χ4n) is 1.20. The Labute approximate surface area is 118 Å². The molecule has 2 aromatic rings. The first-order valence-electron chi connectivity index (χ1n) is 4.87. The number of anilines is 2. The third-order valence-electron chi connectivity index (χ3n) is 2.07. The van der Waals surface area contributed by atoms with Crippen LogP contribution in [-0.2, 0) is 0 Å². The van der Waals surface area contributed by atoms with Crippen LogP contribution in [0.5, 0.6) is 0 Å². The van der Waals surface area contributed by atoms with Gasteiger partial charge in [0, 0.05) is 0 Å². The van der Waals surface area contributed by atoms with E-state index in [1.54, 1.807) is 0 Å². The molecule has 0 radical (unpaired) electrons. The second-order valence-corrected chi connectivity index (χ2v) is 10.7. The molecule has 2 nitrogen and oxygen atoms in total. The second kappa shape index (κ2) is 7.01. The molecule has 0 fully saturated rings. The summed E-state index contributed by atoms with van der Waals surface area (Å²) in [6.07, 6.45) is 0. The van der Waals surface area contributed by atoms with Crippen molar-refractivity contribution in [1.82, 2.24) is 0 Å². The van der Waals surface area contributed by atoms with Gasteiger partial charge in [0.25, 0.3) is 0 Å². The molecule has 2 rings (SSSR count). The maximum atomic E-state index is 5.65. The number of halogens is 1. The van der Waals surface area contributed by atoms with Gasteiger partial charge in [-0.2, -0.15) is 0 Å². The van der Waals surface area contributed by atoms with Gasteiger partial charge < -0.3 is 0 Å². The molecule has 0 aliphatic carbocycles. The van der Waals surface area contributed by atoms with Crippen LogP contribution in [0.4, 0.5) is 11.4 Å². The minimum atomic E-state index is 0. The quantitative estimate of drug-likeness (QED) is 0.599. The predicted octanol–water partition coefficient (Wildman–Crippen LogP) is 0.547. The van der Waals surface area contributed by atoms with Crippen molar-refractivity contribution in [3.05, 3.63) is 48.5 Å². The molecule has 0 spiro atoms. The number of benzene rings is 2. The van der Waals surface area contributed by atoms with Gasteiger partial charge >= 0.3 is 106 Å². The molecule has 0 aliphatic heterocycles. The van der Waals surface area contributed by atoms with Gasteiger partial charge in [0.15, 0.2) is 0 Å². The summed E-state index contributed by atoms with van der Waals surface area (Å²) in [5.74, 6) is 0. The average Bonchev–Trinajstić information content (AvgIpc) is 2.30. The van der Waals surface area contributed by atoms with Crippen molar-refractivity contribution < 1.29 is 0 Å². The molecule has 0 amide bonds. The van der Waals surface area contributed by atoms with Gasteiger partial charge in [0.1, 0.15) is 0 Å². The zero-order valence-electron chi connectivity index (χ0n) is 9.08. The van der Waals surface area contributed by atoms with Crippen molar-refractivity contribution in [3.63, 3.8) is 0 Å². The van der Waals surface area contributed by atoms with Crippen LogP contribution in [0.3, 0.4) is 0 Å². The minimum absolute atomic E-state index is 0. The van der Waals surface area contributed by atoms with Gasteiger partial charge in [-0.05, 0) is 0 Å². The van der Waals surface area contributed by atoms with Crippen LogP contribution in [0.2, 0.25) is 0 Å². The summed E-state index contributed by atoms with van der Waals surface area (Å²) < 4.78 is 2.89. The van der Waals surface area contributed by atoms with E-state index in [4.69, 9.17) is 11.5 Å². The van der Waals surface area contributed by atoms with Gasteiger partial charge in [-0.15, -0.1) is 12.4 Å². The molecule has 0 bridgehead atoms. The normalized spacial score (nSPS) is 10.1. The monoisotopic (exact) mass is 370 g/mol. The number of rotatable bonds is 2. The summed E-state index contributed by atoms with van der Waals surface area (Å²) in [6.45, 7) is 0. The molecule has 2 aromatic carbocycles. The number of nitrogen functional groups attached to an aromatic ring is 2. The Balaban J connectivity index is 0.00000144. The Morgan fingerprint density at radius 3 is 1.18 bits per heavy atom. The van der Waals surface area contributed by atoms with E-state index in [2.05, 4.69) is 24.3 Å². The maximum absolute atomic E-state index is 5.65. The Hall–Kier alpha value is -0.553. The second-order valence-electron chi connectivity index (χ2n) is 3.38. The van der Waals surface area contributed by atoms with Crippen molar-refractivity contribution in [2.24, 2.45) is 0 Å². The molecule has 0 aromatic heterocycles. The van der Waals surface area contributed by atoms with E-state index < -0.39 is 0 Å². The third kappa shape index (κ3) is 4.67. The number of nitrogens with two attached hydrogens (primary N) is 2. The molecule has 88 valence electrons. The Bertz CT molecular complexity index is 447. The molecule has 0 atom stereocenters. The molecule has 0 unspecified atom stereocenters. The Kier molecular flexibility index (Phi) is 5.98. The first kappa shape index (κ1) is 14.5. The van der Waals surface area contributed by atoms with Crippen LogP contribution in [0, 0.1) is 0 Å². The fraction of sp³-hybridized carbons (Fsp3) is 0. The zero-order valence-corrected chi connectivity index (χ0v) is 13.6. The van der Waals surface area contributed by atoms with Gasteiger partial charge in [0.05, 0.1) is 0 Å². The molecule has 0 saturated carbocycles. The van der Waals surface area contributed by atoms with E-state index >= 15 is 0 Å². The van der Waals surface area contributed by atoms with E-state index in [1.807, 2.05) is 24.3 Å². The summed E-state index contributed by atoms with van der Waals surface area (Å²) in [5.41, 5.74) is 13.0.